The number of rotatable bonds is 4. The number of phenolic OH excluding ortho intramolecular Hbond substituents is 2. The van der Waals surface area contributed by atoms with Crippen LogP contribution in [0.3, 0.4) is 0 Å². The van der Waals surface area contributed by atoms with Crippen molar-refractivity contribution in [3.63, 3.8) is 0 Å². The summed E-state index contributed by atoms with van der Waals surface area (Å²) in [5, 5.41) is 46.1. The summed E-state index contributed by atoms with van der Waals surface area (Å²) >= 11 is 0. The summed E-state index contributed by atoms with van der Waals surface area (Å²) in [6.07, 6.45) is 5.60. The molecule has 4 fully saturated rings. The number of ketones is 1. The van der Waals surface area contributed by atoms with Gasteiger partial charge in [-0.1, -0.05) is 39.3 Å². The van der Waals surface area contributed by atoms with Gasteiger partial charge in [-0.2, -0.15) is 0 Å². The van der Waals surface area contributed by atoms with Crippen molar-refractivity contribution in [2.75, 3.05) is 0 Å². The Balaban J connectivity index is 1.35. The molecule has 13 atom stereocenters. The number of fused-ring (bicyclic) bond motifs is 1. The summed E-state index contributed by atoms with van der Waals surface area (Å²) in [7, 11) is 0. The standard InChI is InChI=1S/C37H51NO8/c1-17-9-10-37(46-35(17)24-13-25(39)15-26(40)14-24)20(4)11-19(3)29(45-37)16-27-18(2)12-23-7-8-28(41)21(5)30(23)31(27)34(43)32-33(42)22(6)38-36(32)44/h12-15,17,19-23,27-31,35,39-41,43H,7-11,16H2,1-6H3,(H,38,44)/t17-,19-,20-,21-,22?,23-,27+,28+,29+,30-,31-,35-,37+/m0/s1. The van der Waals surface area contributed by atoms with Crippen molar-refractivity contribution in [1.29, 1.82) is 0 Å². The molecule has 9 nitrogen and oxygen atoms in total. The Kier molecular flexibility index (Phi) is 8.83. The Hall–Kier alpha value is -2.88. The number of hydrogen-bond donors (Lipinski definition) is 5. The van der Waals surface area contributed by atoms with Crippen LogP contribution in [-0.4, -0.2) is 56.2 Å². The van der Waals surface area contributed by atoms with E-state index in [4.69, 9.17) is 9.47 Å². The van der Waals surface area contributed by atoms with Gasteiger partial charge < -0.3 is 35.2 Å². The highest BCUT2D eigenvalue weighted by Gasteiger charge is 2.54. The van der Waals surface area contributed by atoms with Crippen LogP contribution >= 0.6 is 0 Å². The van der Waals surface area contributed by atoms with Crippen LogP contribution in [0, 0.1) is 47.3 Å². The molecule has 6 rings (SSSR count). The summed E-state index contributed by atoms with van der Waals surface area (Å²) in [5.41, 5.74) is 1.67. The van der Waals surface area contributed by atoms with E-state index < -0.39 is 35.5 Å². The van der Waals surface area contributed by atoms with Crippen LogP contribution in [0.4, 0.5) is 0 Å². The van der Waals surface area contributed by atoms with Crippen molar-refractivity contribution in [3.05, 3.63) is 46.7 Å². The van der Waals surface area contributed by atoms with E-state index in [0.717, 1.165) is 24.8 Å². The fourth-order valence-electron chi connectivity index (χ4n) is 9.55. The number of carbonyl (C=O) groups excluding carboxylic acids is 2. The van der Waals surface area contributed by atoms with E-state index >= 15 is 0 Å². The molecule has 2 aliphatic carbocycles. The zero-order valence-corrected chi connectivity index (χ0v) is 27.9. The third-order valence-electron chi connectivity index (χ3n) is 12.2. The molecule has 3 saturated heterocycles. The Morgan fingerprint density at radius 3 is 2.33 bits per heavy atom. The molecule has 1 aromatic rings. The fourth-order valence-corrected chi connectivity index (χ4v) is 9.55. The molecule has 46 heavy (non-hydrogen) atoms. The van der Waals surface area contributed by atoms with Crippen molar-refractivity contribution in [3.8, 4) is 11.5 Å². The minimum Gasteiger partial charge on any atom is -0.511 e. The van der Waals surface area contributed by atoms with E-state index in [1.165, 1.54) is 6.07 Å². The van der Waals surface area contributed by atoms with Crippen LogP contribution in [0.5, 0.6) is 11.5 Å². The van der Waals surface area contributed by atoms with Crippen LogP contribution in [0.1, 0.15) is 91.7 Å². The number of phenols is 2. The molecule has 9 heteroatoms. The number of allylic oxidation sites excluding steroid dienone is 3. The first-order valence-electron chi connectivity index (χ1n) is 17.2. The maximum atomic E-state index is 13.2. The number of Topliss-reactive ketones (excluding diaryl/α,β-unsaturated/α-hetero) is 1. The first kappa shape index (κ1) is 33.0. The summed E-state index contributed by atoms with van der Waals surface area (Å²) in [5.74, 6) is -2.44. The lowest BCUT2D eigenvalue weighted by molar-refractivity contribution is -0.356. The van der Waals surface area contributed by atoms with Gasteiger partial charge in [0.25, 0.3) is 5.91 Å². The molecule has 1 spiro atoms. The molecule has 0 bridgehead atoms. The zero-order valence-electron chi connectivity index (χ0n) is 27.9. The van der Waals surface area contributed by atoms with Crippen molar-refractivity contribution >= 4 is 11.7 Å². The maximum Gasteiger partial charge on any atom is 0.259 e. The lowest BCUT2D eigenvalue weighted by atomic mass is 9.56. The van der Waals surface area contributed by atoms with E-state index in [1.54, 1.807) is 19.1 Å². The van der Waals surface area contributed by atoms with Gasteiger partial charge in [0.15, 0.2) is 11.6 Å². The Labute approximate surface area is 272 Å². The van der Waals surface area contributed by atoms with Crippen LogP contribution in [-0.2, 0) is 19.1 Å². The quantitative estimate of drug-likeness (QED) is 0.120. The minimum atomic E-state index is -0.870. The van der Waals surface area contributed by atoms with Crippen molar-refractivity contribution in [2.45, 2.75) is 110 Å². The van der Waals surface area contributed by atoms with E-state index in [0.29, 0.717) is 24.8 Å². The summed E-state index contributed by atoms with van der Waals surface area (Å²) in [6.45, 7) is 12.2. The number of aliphatic hydroxyl groups excluding tert-OH is 2. The molecule has 1 unspecified atom stereocenters. The molecule has 5 aliphatic rings. The average Bonchev–Trinajstić information content (AvgIpc) is 3.24. The maximum absolute atomic E-state index is 13.2. The molecular formula is C37H51NO8. The molecule has 1 amide bonds. The monoisotopic (exact) mass is 637 g/mol. The number of ether oxygens (including phenoxy) is 2. The molecule has 5 N–H and O–H groups in total. The van der Waals surface area contributed by atoms with Crippen molar-refractivity contribution < 1.29 is 39.5 Å². The number of benzene rings is 1. The number of hydrogen-bond acceptors (Lipinski definition) is 8. The van der Waals surface area contributed by atoms with Gasteiger partial charge in [0.1, 0.15) is 22.8 Å². The van der Waals surface area contributed by atoms with E-state index in [-0.39, 0.29) is 76.5 Å². The molecule has 0 aromatic heterocycles. The number of carbonyl (C=O) groups is 2. The lowest BCUT2D eigenvalue weighted by Gasteiger charge is -2.54. The van der Waals surface area contributed by atoms with Gasteiger partial charge in [-0.15, -0.1) is 0 Å². The SMILES string of the molecule is CC1=C[C@@H]2CC[C@@H](O)[C@H](C)[C@@H]2[C@@H](C(O)=C2C(=O)NC(C)C2=O)[C@@H]1C[C@H]1O[C@@]2(CC[C@H](C)[C@@H](c3cc(O)cc(O)c3)O2)[C@@H](C)C[C@@H]1C. The second-order valence-electron chi connectivity index (χ2n) is 15.3. The second-order valence-corrected chi connectivity index (χ2v) is 15.3. The highest BCUT2D eigenvalue weighted by molar-refractivity contribution is 6.26. The van der Waals surface area contributed by atoms with Crippen LogP contribution in [0.15, 0.2) is 41.2 Å². The van der Waals surface area contributed by atoms with Crippen molar-refractivity contribution in [1.82, 2.24) is 5.32 Å². The van der Waals surface area contributed by atoms with E-state index in [9.17, 15) is 30.0 Å². The second kappa shape index (κ2) is 12.3. The zero-order chi connectivity index (χ0) is 33.2. The summed E-state index contributed by atoms with van der Waals surface area (Å²) in [4.78, 5) is 26.1. The Morgan fingerprint density at radius 1 is 0.978 bits per heavy atom. The predicted octanol–water partition coefficient (Wildman–Crippen LogP) is 5.85. The van der Waals surface area contributed by atoms with Gasteiger partial charge >= 0.3 is 0 Å². The topological polar surface area (TPSA) is 146 Å². The van der Waals surface area contributed by atoms with Crippen LogP contribution in [0.25, 0.3) is 0 Å². The Bertz CT molecular complexity index is 1420. The highest BCUT2D eigenvalue weighted by Crippen LogP contribution is 2.55. The lowest BCUT2D eigenvalue weighted by Crippen LogP contribution is -2.55. The summed E-state index contributed by atoms with van der Waals surface area (Å²) < 4.78 is 14.0. The molecule has 3 heterocycles. The third kappa shape index (κ3) is 5.66. The molecule has 3 aliphatic heterocycles. The van der Waals surface area contributed by atoms with Gasteiger partial charge in [-0.25, -0.2) is 0 Å². The van der Waals surface area contributed by atoms with Gasteiger partial charge in [0, 0.05) is 24.3 Å². The van der Waals surface area contributed by atoms with Gasteiger partial charge in [-0.05, 0) is 99.2 Å². The molecule has 1 saturated carbocycles. The molecule has 0 radical (unpaired) electrons. The van der Waals surface area contributed by atoms with Gasteiger partial charge in [-0.3, -0.25) is 9.59 Å². The number of aromatic hydroxyl groups is 2. The normalized spacial score (nSPS) is 44.0. The first-order chi connectivity index (χ1) is 21.7. The summed E-state index contributed by atoms with van der Waals surface area (Å²) in [6, 6.07) is 3.90. The molecule has 252 valence electrons. The minimum absolute atomic E-state index is 0.0155. The third-order valence-corrected chi connectivity index (χ3v) is 12.2. The number of aliphatic hydroxyl groups is 2. The smallest absolute Gasteiger partial charge is 0.259 e. The molecular weight excluding hydrogens is 586 g/mol. The van der Waals surface area contributed by atoms with Crippen LogP contribution < -0.4 is 5.32 Å². The van der Waals surface area contributed by atoms with Gasteiger partial charge in [0.05, 0.1) is 24.4 Å². The predicted molar refractivity (Wildman–Crippen MR) is 172 cm³/mol. The van der Waals surface area contributed by atoms with E-state index in [2.05, 4.69) is 39.1 Å². The number of nitrogens with one attached hydrogen (secondary N) is 1. The number of amides is 1. The Morgan fingerprint density at radius 2 is 1.67 bits per heavy atom. The average molecular weight is 638 g/mol. The highest BCUT2D eigenvalue weighted by atomic mass is 16.7. The molecule has 1 aromatic carbocycles. The first-order valence-corrected chi connectivity index (χ1v) is 17.2. The van der Waals surface area contributed by atoms with Gasteiger partial charge in [0.2, 0.25) is 0 Å². The van der Waals surface area contributed by atoms with Crippen LogP contribution in [0.2, 0.25) is 0 Å². The largest absolute Gasteiger partial charge is 0.511 e. The fraction of sp³-hybridized carbons (Fsp3) is 0.676. The van der Waals surface area contributed by atoms with Crippen molar-refractivity contribution in [2.24, 2.45) is 47.3 Å². The van der Waals surface area contributed by atoms with E-state index in [1.807, 2.05) is 6.92 Å².